The monoisotopic (exact) mass is 517 g/mol. The summed E-state index contributed by atoms with van der Waals surface area (Å²) in [5.41, 5.74) is 8.15. The third kappa shape index (κ3) is 5.40. The maximum atomic E-state index is 13.7. The van der Waals surface area contributed by atoms with Crippen LogP contribution in [0, 0.1) is 10.8 Å². The topological polar surface area (TPSA) is 87.4 Å². The Labute approximate surface area is 218 Å². The summed E-state index contributed by atoms with van der Waals surface area (Å²) in [5.74, 6) is -0.462. The molecule has 1 aliphatic heterocycles. The van der Waals surface area contributed by atoms with E-state index in [1.54, 1.807) is 0 Å². The van der Waals surface area contributed by atoms with Crippen molar-refractivity contribution in [1.82, 2.24) is 10.6 Å². The number of hydrogen-bond acceptors (Lipinski definition) is 4. The number of hydrogen-bond donors (Lipinski definition) is 4. The second-order valence-electron chi connectivity index (χ2n) is 11.7. The molecule has 0 radical (unpaired) electrons. The van der Waals surface area contributed by atoms with E-state index in [0.29, 0.717) is 16.6 Å². The number of carbonyl (C=O) groups is 1. The molecule has 5 nitrogen and oxygen atoms in total. The molecule has 4 atom stereocenters. The molecule has 2 aromatic rings. The van der Waals surface area contributed by atoms with Gasteiger partial charge >= 0.3 is 0 Å². The van der Waals surface area contributed by atoms with Crippen LogP contribution >= 0.6 is 23.2 Å². The van der Waals surface area contributed by atoms with Crippen molar-refractivity contribution < 1.29 is 9.90 Å². The SMILES string of the molecule is CC(C)(C)C[C@@H]1N[C@@H](C(=O)NCC2(CO)CCC2)[C@H](c2cccc(Cl)c2)[C@@]1(N)c1ccc(Cl)cc1. The summed E-state index contributed by atoms with van der Waals surface area (Å²) in [6, 6.07) is 14.5. The van der Waals surface area contributed by atoms with Crippen LogP contribution in [-0.2, 0) is 10.3 Å². The molecule has 2 fully saturated rings. The van der Waals surface area contributed by atoms with Crippen molar-refractivity contribution in [2.24, 2.45) is 16.6 Å². The van der Waals surface area contributed by atoms with E-state index >= 15 is 0 Å². The lowest BCUT2D eigenvalue weighted by Crippen LogP contribution is -2.52. The van der Waals surface area contributed by atoms with Gasteiger partial charge in [0.2, 0.25) is 5.91 Å². The van der Waals surface area contributed by atoms with Crippen LogP contribution < -0.4 is 16.4 Å². The van der Waals surface area contributed by atoms with Gasteiger partial charge in [0.05, 0.1) is 18.2 Å². The third-order valence-corrected chi connectivity index (χ3v) is 8.33. The minimum atomic E-state index is -0.879. The van der Waals surface area contributed by atoms with Gasteiger partial charge in [0.25, 0.3) is 0 Å². The Hall–Kier alpha value is -1.63. The van der Waals surface area contributed by atoms with Gasteiger partial charge in [-0.3, -0.25) is 4.79 Å². The average molecular weight is 519 g/mol. The maximum absolute atomic E-state index is 13.7. The minimum Gasteiger partial charge on any atom is -0.396 e. The number of halogens is 2. The van der Waals surface area contributed by atoms with Gasteiger partial charge in [-0.2, -0.15) is 0 Å². The molecule has 7 heteroatoms. The summed E-state index contributed by atoms with van der Waals surface area (Å²) in [7, 11) is 0. The van der Waals surface area contributed by atoms with E-state index in [1.807, 2.05) is 48.5 Å². The van der Waals surface area contributed by atoms with Gasteiger partial charge in [0.15, 0.2) is 0 Å². The molecule has 0 bridgehead atoms. The normalized spacial score (nSPS) is 27.9. The molecule has 1 saturated heterocycles. The molecule has 5 N–H and O–H groups in total. The van der Waals surface area contributed by atoms with E-state index in [2.05, 4.69) is 31.4 Å². The average Bonchev–Trinajstić information content (AvgIpc) is 3.05. The van der Waals surface area contributed by atoms with E-state index in [-0.39, 0.29) is 35.3 Å². The van der Waals surface area contributed by atoms with Crippen molar-refractivity contribution >= 4 is 29.1 Å². The number of aliphatic hydroxyl groups excluding tert-OH is 1. The molecule has 1 saturated carbocycles. The molecular formula is C28H37Cl2N3O2. The van der Waals surface area contributed by atoms with Crippen LogP contribution in [0.15, 0.2) is 48.5 Å². The van der Waals surface area contributed by atoms with E-state index < -0.39 is 11.6 Å². The van der Waals surface area contributed by atoms with Crippen LogP contribution in [0.1, 0.15) is 63.5 Å². The van der Waals surface area contributed by atoms with Crippen LogP contribution in [0.4, 0.5) is 0 Å². The summed E-state index contributed by atoms with van der Waals surface area (Å²) in [6.07, 6.45) is 3.71. The zero-order chi connectivity index (χ0) is 25.4. The quantitative estimate of drug-likeness (QED) is 0.416. The summed E-state index contributed by atoms with van der Waals surface area (Å²) in [5, 5.41) is 17.9. The van der Waals surface area contributed by atoms with E-state index in [1.165, 1.54) is 0 Å². The number of nitrogens with one attached hydrogen (secondary N) is 2. The van der Waals surface area contributed by atoms with Gasteiger partial charge in [0.1, 0.15) is 0 Å². The van der Waals surface area contributed by atoms with E-state index in [4.69, 9.17) is 28.9 Å². The van der Waals surface area contributed by atoms with E-state index in [9.17, 15) is 9.90 Å². The number of aliphatic hydroxyl groups is 1. The lowest BCUT2D eigenvalue weighted by molar-refractivity contribution is -0.124. The molecular weight excluding hydrogens is 481 g/mol. The highest BCUT2D eigenvalue weighted by Crippen LogP contribution is 2.48. The van der Waals surface area contributed by atoms with Crippen molar-refractivity contribution in [2.75, 3.05) is 13.2 Å². The lowest BCUT2D eigenvalue weighted by Gasteiger charge is -2.41. The standard InChI is InChI=1S/C28H37Cl2N3O2/c1-26(2,3)15-22-28(31,19-8-10-20(29)11-9-19)23(18-6-4-7-21(30)14-18)24(33-22)25(35)32-16-27(17-34)12-5-13-27/h4,6-11,14,22-24,33-34H,5,12-13,15-17,31H2,1-3H3,(H,32,35)/t22-,23-,24+,28+/m0/s1. The van der Waals surface area contributed by atoms with Crippen molar-refractivity contribution in [3.63, 3.8) is 0 Å². The Balaban J connectivity index is 1.77. The molecule has 1 aliphatic carbocycles. The summed E-state index contributed by atoms with van der Waals surface area (Å²) < 4.78 is 0. The molecule has 0 spiro atoms. The Kier molecular flexibility index (Phi) is 7.57. The minimum absolute atomic E-state index is 0.0220. The second-order valence-corrected chi connectivity index (χ2v) is 12.5. The summed E-state index contributed by atoms with van der Waals surface area (Å²) in [4.78, 5) is 13.7. The van der Waals surface area contributed by atoms with Crippen LogP contribution in [0.25, 0.3) is 0 Å². The Morgan fingerprint density at radius 2 is 1.83 bits per heavy atom. The van der Waals surface area contributed by atoms with Crippen molar-refractivity contribution in [3.05, 3.63) is 69.7 Å². The maximum Gasteiger partial charge on any atom is 0.237 e. The lowest BCUT2D eigenvalue weighted by atomic mass is 9.68. The fourth-order valence-corrected chi connectivity index (χ4v) is 6.08. The second kappa shape index (κ2) is 10.0. The molecule has 190 valence electrons. The Bertz CT molecular complexity index is 1040. The van der Waals surface area contributed by atoms with Crippen molar-refractivity contribution in [2.45, 2.75) is 70.0 Å². The number of benzene rings is 2. The van der Waals surface area contributed by atoms with Crippen LogP contribution in [0.5, 0.6) is 0 Å². The first-order chi connectivity index (χ1) is 16.5. The molecule has 0 unspecified atom stereocenters. The van der Waals surface area contributed by atoms with Crippen LogP contribution in [-0.4, -0.2) is 36.2 Å². The predicted molar refractivity (Wildman–Crippen MR) is 143 cm³/mol. The molecule has 4 rings (SSSR count). The zero-order valence-electron chi connectivity index (χ0n) is 20.8. The van der Waals surface area contributed by atoms with Gasteiger partial charge in [-0.15, -0.1) is 0 Å². The highest BCUT2D eigenvalue weighted by atomic mass is 35.5. The zero-order valence-corrected chi connectivity index (χ0v) is 22.3. The highest BCUT2D eigenvalue weighted by molar-refractivity contribution is 6.30. The number of amides is 1. The van der Waals surface area contributed by atoms with Gasteiger partial charge in [0, 0.05) is 34.0 Å². The van der Waals surface area contributed by atoms with Crippen molar-refractivity contribution in [3.8, 4) is 0 Å². The van der Waals surface area contributed by atoms with Gasteiger partial charge < -0.3 is 21.5 Å². The first-order valence-electron chi connectivity index (χ1n) is 12.4. The fraction of sp³-hybridized carbons (Fsp3) is 0.536. The Morgan fingerprint density at radius 1 is 1.14 bits per heavy atom. The predicted octanol–water partition coefficient (Wildman–Crippen LogP) is 4.99. The fourth-order valence-electron chi connectivity index (χ4n) is 5.75. The largest absolute Gasteiger partial charge is 0.396 e. The molecule has 2 aliphatic rings. The van der Waals surface area contributed by atoms with Gasteiger partial charge in [-0.1, -0.05) is 74.7 Å². The molecule has 0 aromatic heterocycles. The molecule has 35 heavy (non-hydrogen) atoms. The van der Waals surface area contributed by atoms with E-state index in [0.717, 1.165) is 36.8 Å². The smallest absolute Gasteiger partial charge is 0.237 e. The number of rotatable bonds is 7. The van der Waals surface area contributed by atoms with Crippen LogP contribution in [0.2, 0.25) is 10.0 Å². The van der Waals surface area contributed by atoms with Crippen LogP contribution in [0.3, 0.4) is 0 Å². The van der Waals surface area contributed by atoms with Gasteiger partial charge in [-0.05, 0) is 60.1 Å². The molecule has 2 aromatic carbocycles. The number of carbonyl (C=O) groups excluding carboxylic acids is 1. The third-order valence-electron chi connectivity index (χ3n) is 7.84. The van der Waals surface area contributed by atoms with Gasteiger partial charge in [-0.25, -0.2) is 0 Å². The highest BCUT2D eigenvalue weighted by Gasteiger charge is 2.57. The first-order valence-corrected chi connectivity index (χ1v) is 13.2. The van der Waals surface area contributed by atoms with Crippen molar-refractivity contribution in [1.29, 1.82) is 0 Å². The molecule has 1 heterocycles. The Morgan fingerprint density at radius 3 is 2.37 bits per heavy atom. The first kappa shape index (κ1) is 26.4. The summed E-state index contributed by atoms with van der Waals surface area (Å²) >= 11 is 12.6. The number of nitrogens with two attached hydrogens (primary N) is 1. The molecule has 1 amide bonds. The summed E-state index contributed by atoms with van der Waals surface area (Å²) in [6.45, 7) is 7.09.